The van der Waals surface area contributed by atoms with Gasteiger partial charge in [-0.1, -0.05) is 23.7 Å². The minimum atomic E-state index is -0.533. The zero-order valence-electron chi connectivity index (χ0n) is 16.1. The SMILES string of the molecule is NC(=O)c1c(-c2cccc(Cl)c2)nn2c1CN(C(=O)NC13C4C5C6C4C1C6C53)CC2. The topological polar surface area (TPSA) is 93.2 Å². The summed E-state index contributed by atoms with van der Waals surface area (Å²) >= 11 is 6.13. The lowest BCUT2D eigenvalue weighted by Gasteiger charge is -3.07. The van der Waals surface area contributed by atoms with Gasteiger partial charge < -0.3 is 16.0 Å². The van der Waals surface area contributed by atoms with Crippen LogP contribution in [-0.2, 0) is 13.1 Å². The van der Waals surface area contributed by atoms with Crippen LogP contribution in [-0.4, -0.2) is 38.7 Å². The number of amides is 3. The van der Waals surface area contributed by atoms with E-state index in [1.807, 2.05) is 21.7 Å². The average molecular weight is 422 g/mol. The van der Waals surface area contributed by atoms with Crippen molar-refractivity contribution >= 4 is 23.5 Å². The van der Waals surface area contributed by atoms with Crippen molar-refractivity contribution in [1.29, 1.82) is 0 Å². The Morgan fingerprint density at radius 2 is 1.87 bits per heavy atom. The molecular formula is C22H20ClN5O2. The van der Waals surface area contributed by atoms with Gasteiger partial charge in [0.05, 0.1) is 29.9 Å². The summed E-state index contributed by atoms with van der Waals surface area (Å²) in [6, 6.07) is 7.24. The first kappa shape index (κ1) is 16.2. The second-order valence-corrected chi connectivity index (χ2v) is 10.4. The number of halogens is 1. The summed E-state index contributed by atoms with van der Waals surface area (Å²) in [4.78, 5) is 27.3. The van der Waals surface area contributed by atoms with E-state index in [9.17, 15) is 9.59 Å². The quantitative estimate of drug-likeness (QED) is 0.793. The van der Waals surface area contributed by atoms with Gasteiger partial charge >= 0.3 is 6.03 Å². The molecule has 1 aromatic heterocycles. The fourth-order valence-corrected chi connectivity index (χ4v) is 8.72. The van der Waals surface area contributed by atoms with Gasteiger partial charge in [-0.05, 0) is 53.6 Å². The maximum atomic E-state index is 13.1. The number of aromatic nitrogens is 2. The highest BCUT2D eigenvalue weighted by molar-refractivity contribution is 6.30. The minimum absolute atomic E-state index is 0.00197. The third-order valence-corrected chi connectivity index (χ3v) is 9.65. The first-order valence-corrected chi connectivity index (χ1v) is 11.1. The molecule has 30 heavy (non-hydrogen) atoms. The summed E-state index contributed by atoms with van der Waals surface area (Å²) in [5, 5.41) is 8.64. The summed E-state index contributed by atoms with van der Waals surface area (Å²) in [7, 11) is 0. The van der Waals surface area contributed by atoms with E-state index in [4.69, 9.17) is 17.3 Å². The maximum Gasteiger partial charge on any atom is 0.318 e. The molecule has 152 valence electrons. The van der Waals surface area contributed by atoms with Crippen LogP contribution in [0, 0.1) is 41.4 Å². The van der Waals surface area contributed by atoms with Crippen LogP contribution in [0.4, 0.5) is 4.79 Å². The van der Waals surface area contributed by atoms with Crippen LogP contribution >= 0.6 is 11.6 Å². The molecule has 0 saturated heterocycles. The van der Waals surface area contributed by atoms with Crippen molar-refractivity contribution in [3.63, 3.8) is 0 Å². The van der Waals surface area contributed by atoms with Crippen molar-refractivity contribution in [1.82, 2.24) is 20.0 Å². The van der Waals surface area contributed by atoms with Gasteiger partial charge in [0.15, 0.2) is 0 Å². The second kappa shape index (κ2) is 4.69. The lowest BCUT2D eigenvalue weighted by Crippen LogP contribution is -3.11. The molecule has 0 radical (unpaired) electrons. The third-order valence-electron chi connectivity index (χ3n) is 9.41. The molecular weight excluding hydrogens is 402 g/mol. The Kier molecular flexibility index (Phi) is 2.53. The number of hydrogen-bond donors (Lipinski definition) is 2. The monoisotopic (exact) mass is 421 g/mol. The van der Waals surface area contributed by atoms with E-state index in [1.54, 1.807) is 12.1 Å². The molecule has 3 amide bonds. The van der Waals surface area contributed by atoms with Crippen molar-refractivity contribution in [3.05, 3.63) is 40.5 Å². The Morgan fingerprint density at radius 3 is 2.53 bits per heavy atom. The fraction of sp³-hybridized carbons (Fsp3) is 0.500. The average Bonchev–Trinajstić information content (AvgIpc) is 3.13. The summed E-state index contributed by atoms with van der Waals surface area (Å²) < 4.78 is 1.81. The van der Waals surface area contributed by atoms with Crippen molar-refractivity contribution in [3.8, 4) is 11.3 Å². The van der Waals surface area contributed by atoms with Gasteiger partial charge in [0.2, 0.25) is 0 Å². The number of hydrogen-bond acceptors (Lipinski definition) is 3. The van der Waals surface area contributed by atoms with Gasteiger partial charge in [0.25, 0.3) is 5.91 Å². The maximum absolute atomic E-state index is 13.1. The smallest absolute Gasteiger partial charge is 0.318 e. The molecule has 0 atom stereocenters. The summed E-state index contributed by atoms with van der Waals surface area (Å²) in [5.74, 6) is 5.55. The molecule has 6 fully saturated rings. The molecule has 1 aromatic carbocycles. The number of urea groups is 1. The van der Waals surface area contributed by atoms with Crippen molar-refractivity contribution in [2.45, 2.75) is 18.6 Å². The van der Waals surface area contributed by atoms with Gasteiger partial charge in [-0.2, -0.15) is 5.10 Å². The molecule has 1 aliphatic heterocycles. The largest absolute Gasteiger partial charge is 0.365 e. The van der Waals surface area contributed by atoms with Crippen LogP contribution in [0.15, 0.2) is 24.3 Å². The van der Waals surface area contributed by atoms with E-state index in [2.05, 4.69) is 10.4 Å². The van der Waals surface area contributed by atoms with Crippen molar-refractivity contribution < 1.29 is 9.59 Å². The summed E-state index contributed by atoms with van der Waals surface area (Å²) in [5.41, 5.74) is 8.23. The van der Waals surface area contributed by atoms with Gasteiger partial charge in [0.1, 0.15) is 5.69 Å². The van der Waals surface area contributed by atoms with E-state index in [1.165, 1.54) is 0 Å². The number of carbonyl (C=O) groups excluding carboxylic acids is 2. The first-order chi connectivity index (χ1) is 14.5. The Hall–Kier alpha value is -2.54. The Bertz CT molecular complexity index is 1150. The van der Waals surface area contributed by atoms with Crippen LogP contribution in [0.5, 0.6) is 0 Å². The second-order valence-electron chi connectivity index (χ2n) is 9.94. The van der Waals surface area contributed by atoms with Crippen LogP contribution in [0.3, 0.4) is 0 Å². The Labute approximate surface area is 177 Å². The molecule has 2 aromatic rings. The van der Waals surface area contributed by atoms with E-state index in [0.717, 1.165) is 47.0 Å². The van der Waals surface area contributed by atoms with Crippen LogP contribution < -0.4 is 11.1 Å². The zero-order valence-corrected chi connectivity index (χ0v) is 16.8. The molecule has 8 heteroatoms. The molecule has 2 heterocycles. The zero-order chi connectivity index (χ0) is 20.1. The minimum Gasteiger partial charge on any atom is -0.365 e. The van der Waals surface area contributed by atoms with Crippen LogP contribution in [0.25, 0.3) is 11.3 Å². The van der Waals surface area contributed by atoms with E-state index < -0.39 is 5.91 Å². The van der Waals surface area contributed by atoms with Gasteiger partial charge in [-0.3, -0.25) is 9.48 Å². The molecule has 0 bridgehead atoms. The first-order valence-electron chi connectivity index (χ1n) is 10.7. The number of rotatable bonds is 3. The number of benzene rings is 1. The predicted molar refractivity (Wildman–Crippen MR) is 107 cm³/mol. The fourth-order valence-electron chi connectivity index (χ4n) is 8.53. The third kappa shape index (κ3) is 1.42. The summed E-state index contributed by atoms with van der Waals surface area (Å²) in [6.07, 6.45) is 0. The number of primary amides is 1. The lowest BCUT2D eigenvalue weighted by molar-refractivity contribution is -0.577. The summed E-state index contributed by atoms with van der Waals surface area (Å²) in [6.45, 7) is 1.46. The molecule has 7 aliphatic rings. The molecule has 6 saturated carbocycles. The molecule has 7 nitrogen and oxygen atoms in total. The molecule has 0 spiro atoms. The standard InChI is InChI=1S/C22H20ClN5O2/c23-9-3-1-2-8(6-9)19-11(20(24)29)10-7-27(4-5-28(10)26-19)21(30)25-22-16-13-12-14(16)18(22)15(12)17(13)22/h1-3,6,12-18H,4-5,7H2,(H2,24,29)(H,25,30). The number of nitrogens with two attached hydrogens (primary N) is 1. The number of nitrogens with one attached hydrogen (secondary N) is 1. The molecule has 9 rings (SSSR count). The van der Waals surface area contributed by atoms with Crippen LogP contribution in [0.2, 0.25) is 5.02 Å². The number of fused-ring (bicyclic) bond motifs is 1. The normalized spacial score (nSPS) is 41.9. The Morgan fingerprint density at radius 1 is 1.13 bits per heavy atom. The van der Waals surface area contributed by atoms with Gasteiger partial charge in [-0.25, -0.2) is 4.79 Å². The van der Waals surface area contributed by atoms with Gasteiger partial charge in [0, 0.05) is 17.1 Å². The van der Waals surface area contributed by atoms with Crippen molar-refractivity contribution in [2.24, 2.45) is 47.2 Å². The van der Waals surface area contributed by atoms with E-state index >= 15 is 0 Å². The highest BCUT2D eigenvalue weighted by Crippen LogP contribution is 3.02. The number of carbonyl (C=O) groups is 2. The predicted octanol–water partition coefficient (Wildman–Crippen LogP) is 1.95. The highest BCUT2D eigenvalue weighted by Gasteiger charge is 3.04. The molecule has 6 aliphatic carbocycles. The molecule has 3 N–H and O–H groups in total. The van der Waals surface area contributed by atoms with E-state index in [-0.39, 0.29) is 11.6 Å². The van der Waals surface area contributed by atoms with Crippen LogP contribution in [0.1, 0.15) is 16.1 Å². The number of nitrogens with zero attached hydrogens (tertiary/aromatic N) is 3. The van der Waals surface area contributed by atoms with Crippen molar-refractivity contribution in [2.75, 3.05) is 6.54 Å². The Balaban J connectivity index is 1.09. The highest BCUT2D eigenvalue weighted by atomic mass is 35.5. The molecule has 0 unspecified atom stereocenters. The van der Waals surface area contributed by atoms with E-state index in [0.29, 0.717) is 41.6 Å². The lowest BCUT2D eigenvalue weighted by atomic mass is 8.98. The van der Waals surface area contributed by atoms with Gasteiger partial charge in [-0.15, -0.1) is 0 Å².